The maximum Gasteiger partial charge on any atom is 0.352 e. The zero-order valence-corrected chi connectivity index (χ0v) is 23.1. The number of carbonyl (C=O) groups excluding carboxylic acids is 2. The van der Waals surface area contributed by atoms with Gasteiger partial charge in [-0.05, 0) is 66.5 Å². The van der Waals surface area contributed by atoms with Gasteiger partial charge in [0.15, 0.2) is 5.75 Å². The predicted octanol–water partition coefficient (Wildman–Crippen LogP) is 6.63. The minimum atomic E-state index is -0.499. The molecule has 0 atom stereocenters. The fourth-order valence-electron chi connectivity index (χ4n) is 5.05. The van der Waals surface area contributed by atoms with Gasteiger partial charge in [0, 0.05) is 42.9 Å². The Kier molecular flexibility index (Phi) is 10.4. The molecule has 6 nitrogen and oxygen atoms in total. The van der Waals surface area contributed by atoms with Crippen LogP contribution in [0.2, 0.25) is 0 Å². The molecule has 3 aromatic carbocycles. The number of rotatable bonds is 13. The molecule has 0 saturated carbocycles. The van der Waals surface area contributed by atoms with Crippen molar-refractivity contribution in [1.82, 2.24) is 10.3 Å². The predicted molar refractivity (Wildman–Crippen MR) is 156 cm³/mol. The highest BCUT2D eigenvalue weighted by Crippen LogP contribution is 2.30. The molecule has 1 amide bonds. The molecule has 0 fully saturated rings. The third-order valence-electron chi connectivity index (χ3n) is 7.00. The van der Waals surface area contributed by atoms with Crippen LogP contribution in [-0.4, -0.2) is 23.4 Å². The summed E-state index contributed by atoms with van der Waals surface area (Å²) in [5, 5.41) is 3.09. The molecule has 206 valence electrons. The zero-order chi connectivity index (χ0) is 28.2. The van der Waals surface area contributed by atoms with E-state index >= 15 is 0 Å². The van der Waals surface area contributed by atoms with E-state index in [1.165, 1.54) is 18.1 Å². The number of hydrogen-bond acceptors (Lipinski definition) is 5. The first-order valence-electron chi connectivity index (χ1n) is 13.8. The largest absolute Gasteiger partial charge is 0.352 e. The summed E-state index contributed by atoms with van der Waals surface area (Å²) < 4.78 is 0. The summed E-state index contributed by atoms with van der Waals surface area (Å²) in [5.74, 6) is 0.189. The zero-order valence-electron chi connectivity index (χ0n) is 23.1. The molecule has 4 aromatic rings. The van der Waals surface area contributed by atoms with E-state index in [0.717, 1.165) is 48.8 Å². The molecule has 0 saturated heterocycles. The molecule has 0 radical (unpaired) electrons. The van der Waals surface area contributed by atoms with Gasteiger partial charge in [-0.1, -0.05) is 79.7 Å². The first-order valence-corrected chi connectivity index (χ1v) is 13.8. The monoisotopic (exact) mass is 536 g/mol. The molecule has 1 N–H and O–H groups in total. The summed E-state index contributed by atoms with van der Waals surface area (Å²) >= 11 is 0. The van der Waals surface area contributed by atoms with Crippen LogP contribution in [0.25, 0.3) is 0 Å². The summed E-state index contributed by atoms with van der Waals surface area (Å²) in [6.07, 6.45) is 7.36. The molecule has 0 bridgehead atoms. The minimum Gasteiger partial charge on any atom is -0.352 e. The van der Waals surface area contributed by atoms with E-state index in [9.17, 15) is 9.59 Å². The average molecular weight is 537 g/mol. The molecule has 1 heterocycles. The summed E-state index contributed by atoms with van der Waals surface area (Å²) in [4.78, 5) is 38.6. The van der Waals surface area contributed by atoms with Crippen LogP contribution in [-0.2, 0) is 28.9 Å². The van der Waals surface area contributed by atoms with Crippen LogP contribution in [0.1, 0.15) is 70.8 Å². The van der Waals surface area contributed by atoms with E-state index in [0.29, 0.717) is 17.9 Å². The van der Waals surface area contributed by atoms with Crippen molar-refractivity contribution in [2.45, 2.75) is 51.9 Å². The third kappa shape index (κ3) is 7.79. The van der Waals surface area contributed by atoms with Gasteiger partial charge in [0.25, 0.3) is 5.91 Å². The Hall–Kier alpha value is -4.45. The molecular formula is C34H36N2O4. The number of pyridine rings is 1. The Balaban J connectivity index is 1.37. The minimum absolute atomic E-state index is 0.0870. The summed E-state index contributed by atoms with van der Waals surface area (Å²) in [6, 6.07) is 28.5. The lowest BCUT2D eigenvalue weighted by atomic mass is 9.86. The average Bonchev–Trinajstić information content (AvgIpc) is 2.99. The highest BCUT2D eigenvalue weighted by molar-refractivity contribution is 5.95. The molecule has 4 rings (SSSR count). The van der Waals surface area contributed by atoms with E-state index in [2.05, 4.69) is 58.8 Å². The molecule has 0 aliphatic carbocycles. The van der Waals surface area contributed by atoms with Crippen LogP contribution < -0.4 is 10.2 Å². The number of hydrogen-bond donors (Lipinski definition) is 1. The van der Waals surface area contributed by atoms with Crippen molar-refractivity contribution in [3.05, 3.63) is 131 Å². The smallest absolute Gasteiger partial charge is 0.352 e. The maximum absolute atomic E-state index is 13.2. The van der Waals surface area contributed by atoms with Crippen molar-refractivity contribution >= 4 is 11.9 Å². The van der Waals surface area contributed by atoms with Gasteiger partial charge in [0.2, 0.25) is 0 Å². The van der Waals surface area contributed by atoms with Gasteiger partial charge < -0.3 is 5.32 Å². The first kappa shape index (κ1) is 28.6. The van der Waals surface area contributed by atoms with E-state index in [1.807, 2.05) is 37.4 Å². The van der Waals surface area contributed by atoms with Crippen LogP contribution >= 0.6 is 0 Å². The fraction of sp³-hybridized carbons (Fsp3) is 0.265. The van der Waals surface area contributed by atoms with Crippen LogP contribution in [0, 0.1) is 0 Å². The molecule has 0 aliphatic rings. The number of aryl methyl sites for hydroxylation is 2. The standard InChI is InChI=1S/C34H36N2O4/c1-3-30-26(16-10-18-33(30)40-39-25(2)37)17-11-22-36-34(38)32-21-23-35-24-29(32)19-20-31(27-12-6-4-7-13-27)28-14-8-5-9-15-28/h4-10,12-16,18,21,23-24,31H,3,11,17,19-20,22H2,1-2H3,(H,36,38). The van der Waals surface area contributed by atoms with Crippen molar-refractivity contribution in [2.24, 2.45) is 0 Å². The van der Waals surface area contributed by atoms with Crippen LogP contribution in [0.4, 0.5) is 0 Å². The number of carbonyl (C=O) groups is 2. The Morgan fingerprint density at radius 2 is 1.55 bits per heavy atom. The van der Waals surface area contributed by atoms with Crippen LogP contribution in [0.5, 0.6) is 5.75 Å². The summed E-state index contributed by atoms with van der Waals surface area (Å²) in [5.41, 5.74) is 6.24. The van der Waals surface area contributed by atoms with Crippen molar-refractivity contribution in [3.8, 4) is 5.75 Å². The van der Waals surface area contributed by atoms with E-state index < -0.39 is 5.97 Å². The van der Waals surface area contributed by atoms with Crippen LogP contribution in [0.3, 0.4) is 0 Å². The van der Waals surface area contributed by atoms with Gasteiger partial charge in [-0.2, -0.15) is 0 Å². The molecule has 1 aromatic heterocycles. The normalized spacial score (nSPS) is 10.8. The topological polar surface area (TPSA) is 77.5 Å². The second kappa shape index (κ2) is 14.6. The van der Waals surface area contributed by atoms with Crippen molar-refractivity contribution in [1.29, 1.82) is 0 Å². The summed E-state index contributed by atoms with van der Waals surface area (Å²) in [7, 11) is 0. The second-order valence-electron chi connectivity index (χ2n) is 9.71. The van der Waals surface area contributed by atoms with Crippen molar-refractivity contribution in [3.63, 3.8) is 0 Å². The van der Waals surface area contributed by atoms with Crippen molar-refractivity contribution < 1.29 is 19.4 Å². The Morgan fingerprint density at radius 1 is 0.850 bits per heavy atom. The summed E-state index contributed by atoms with van der Waals surface area (Å²) in [6.45, 7) is 3.87. The lowest BCUT2D eigenvalue weighted by Gasteiger charge is -2.19. The molecule has 0 unspecified atom stereocenters. The van der Waals surface area contributed by atoms with Crippen LogP contribution in [0.15, 0.2) is 97.3 Å². The highest BCUT2D eigenvalue weighted by Gasteiger charge is 2.17. The first-order chi connectivity index (χ1) is 19.6. The number of aromatic nitrogens is 1. The third-order valence-corrected chi connectivity index (χ3v) is 7.00. The van der Waals surface area contributed by atoms with Gasteiger partial charge in [-0.3, -0.25) is 19.6 Å². The number of nitrogens with zero attached hydrogens (tertiary/aromatic N) is 1. The Bertz CT molecular complexity index is 1350. The lowest BCUT2D eigenvalue weighted by molar-refractivity contribution is -0.211. The van der Waals surface area contributed by atoms with Gasteiger partial charge in [0.1, 0.15) is 0 Å². The fourth-order valence-corrected chi connectivity index (χ4v) is 5.05. The molecule has 6 heteroatoms. The molecule has 0 spiro atoms. The lowest BCUT2D eigenvalue weighted by Crippen LogP contribution is -2.26. The maximum atomic E-state index is 13.2. The number of benzene rings is 3. The van der Waals surface area contributed by atoms with Gasteiger partial charge in [-0.15, -0.1) is 0 Å². The van der Waals surface area contributed by atoms with E-state index in [4.69, 9.17) is 9.78 Å². The molecular weight excluding hydrogens is 500 g/mol. The van der Waals surface area contributed by atoms with Crippen molar-refractivity contribution in [2.75, 3.05) is 6.54 Å². The molecule has 40 heavy (non-hydrogen) atoms. The van der Waals surface area contributed by atoms with E-state index in [-0.39, 0.29) is 11.8 Å². The second-order valence-corrected chi connectivity index (χ2v) is 9.71. The Morgan fingerprint density at radius 3 is 2.20 bits per heavy atom. The van der Waals surface area contributed by atoms with E-state index in [1.54, 1.807) is 18.3 Å². The van der Waals surface area contributed by atoms with Gasteiger partial charge in [-0.25, -0.2) is 4.79 Å². The van der Waals surface area contributed by atoms with Gasteiger partial charge in [0.05, 0.1) is 0 Å². The highest BCUT2D eigenvalue weighted by atomic mass is 17.2. The quantitative estimate of drug-likeness (QED) is 0.118. The molecule has 0 aliphatic heterocycles. The van der Waals surface area contributed by atoms with Gasteiger partial charge >= 0.3 is 5.97 Å². The number of amides is 1. The Labute approximate surface area is 236 Å². The number of nitrogens with one attached hydrogen (secondary N) is 1. The SMILES string of the molecule is CCc1c(CCCNC(=O)c2ccncc2CCC(c2ccccc2)c2ccccc2)cccc1OOC(C)=O.